The van der Waals surface area contributed by atoms with E-state index in [-0.39, 0.29) is 11.3 Å². The van der Waals surface area contributed by atoms with Crippen molar-refractivity contribution in [2.45, 2.75) is 33.1 Å². The zero-order valence-electron chi connectivity index (χ0n) is 11.8. The number of hydrogen-bond donors (Lipinski definition) is 2. The number of rotatable bonds is 5. The summed E-state index contributed by atoms with van der Waals surface area (Å²) in [5.74, 6) is 0.987. The minimum atomic E-state index is 0.185. The van der Waals surface area contributed by atoms with Gasteiger partial charge in [0.05, 0.1) is 6.54 Å². The minimum Gasteiger partial charge on any atom is -0.354 e. The molecule has 0 aromatic carbocycles. The Morgan fingerprint density at radius 1 is 1.33 bits per heavy atom. The maximum atomic E-state index is 11.9. The summed E-state index contributed by atoms with van der Waals surface area (Å²) < 4.78 is 0. The van der Waals surface area contributed by atoms with E-state index in [0.717, 1.165) is 38.6 Å². The van der Waals surface area contributed by atoms with Gasteiger partial charge in [-0.2, -0.15) is 0 Å². The predicted octanol–water partition coefficient (Wildman–Crippen LogP) is 0.834. The van der Waals surface area contributed by atoms with Gasteiger partial charge in [0, 0.05) is 32.7 Å². The molecule has 0 radical (unpaired) electrons. The summed E-state index contributed by atoms with van der Waals surface area (Å²) in [5, 5.41) is 6.42. The molecular formula is C14H27N3O. The van der Waals surface area contributed by atoms with Crippen LogP contribution >= 0.6 is 0 Å². The molecule has 1 heterocycles. The van der Waals surface area contributed by atoms with Crippen molar-refractivity contribution in [2.24, 2.45) is 11.3 Å². The molecule has 1 saturated carbocycles. The first-order valence-corrected chi connectivity index (χ1v) is 7.28. The molecule has 1 aliphatic heterocycles. The van der Waals surface area contributed by atoms with Gasteiger partial charge in [-0.3, -0.25) is 9.69 Å². The molecule has 2 aliphatic rings. The first kappa shape index (κ1) is 13.8. The lowest BCUT2D eigenvalue weighted by molar-refractivity contribution is -0.123. The first-order chi connectivity index (χ1) is 8.58. The molecular weight excluding hydrogens is 226 g/mol. The van der Waals surface area contributed by atoms with Crippen LogP contribution in [0.1, 0.15) is 33.1 Å². The van der Waals surface area contributed by atoms with Crippen LogP contribution in [0.3, 0.4) is 0 Å². The topological polar surface area (TPSA) is 44.4 Å². The number of nitrogens with zero attached hydrogens (tertiary/aromatic N) is 1. The Bertz CT molecular complexity index is 281. The molecule has 18 heavy (non-hydrogen) atoms. The van der Waals surface area contributed by atoms with Crippen LogP contribution in [0.15, 0.2) is 0 Å². The second-order valence-corrected chi connectivity index (χ2v) is 6.42. The standard InChI is InChI=1S/C14H27N3O/c1-14(2,12-4-3-5-12)11-16-13(18)10-17-8-6-15-7-9-17/h12,15H,3-11H2,1-2H3,(H,16,18). The molecule has 0 atom stereocenters. The van der Waals surface area contributed by atoms with Gasteiger partial charge >= 0.3 is 0 Å². The number of hydrogen-bond acceptors (Lipinski definition) is 3. The summed E-state index contributed by atoms with van der Waals surface area (Å²) in [6.07, 6.45) is 4.03. The normalized spacial score (nSPS) is 22.6. The fraction of sp³-hybridized carbons (Fsp3) is 0.929. The molecule has 4 heteroatoms. The van der Waals surface area contributed by atoms with E-state index in [0.29, 0.717) is 6.54 Å². The Hall–Kier alpha value is -0.610. The largest absolute Gasteiger partial charge is 0.354 e. The Balaban J connectivity index is 1.67. The third-order valence-corrected chi connectivity index (χ3v) is 4.53. The van der Waals surface area contributed by atoms with Gasteiger partial charge in [0.15, 0.2) is 0 Å². The summed E-state index contributed by atoms with van der Waals surface area (Å²) in [4.78, 5) is 14.1. The number of piperazine rings is 1. The second-order valence-electron chi connectivity index (χ2n) is 6.42. The molecule has 2 N–H and O–H groups in total. The Morgan fingerprint density at radius 2 is 2.00 bits per heavy atom. The van der Waals surface area contributed by atoms with Gasteiger partial charge in [0.2, 0.25) is 5.91 Å². The molecule has 104 valence electrons. The number of nitrogens with one attached hydrogen (secondary N) is 2. The molecule has 0 aromatic heterocycles. The molecule has 0 unspecified atom stereocenters. The lowest BCUT2D eigenvalue weighted by Gasteiger charge is -2.40. The lowest BCUT2D eigenvalue weighted by atomic mass is 9.67. The maximum Gasteiger partial charge on any atom is 0.234 e. The summed E-state index contributed by atoms with van der Waals surface area (Å²) in [5.41, 5.74) is 0.261. The van der Waals surface area contributed by atoms with Gasteiger partial charge in [-0.25, -0.2) is 0 Å². The molecule has 1 saturated heterocycles. The molecule has 2 fully saturated rings. The van der Waals surface area contributed by atoms with Crippen molar-refractivity contribution in [2.75, 3.05) is 39.3 Å². The van der Waals surface area contributed by atoms with Crippen molar-refractivity contribution in [3.8, 4) is 0 Å². The summed E-state index contributed by atoms with van der Waals surface area (Å²) in [6.45, 7) is 9.91. The highest BCUT2D eigenvalue weighted by Gasteiger charge is 2.34. The predicted molar refractivity (Wildman–Crippen MR) is 73.4 cm³/mol. The van der Waals surface area contributed by atoms with Crippen molar-refractivity contribution in [1.82, 2.24) is 15.5 Å². The van der Waals surface area contributed by atoms with E-state index >= 15 is 0 Å². The lowest BCUT2D eigenvalue weighted by Crippen LogP contribution is -2.49. The van der Waals surface area contributed by atoms with Crippen molar-refractivity contribution in [3.05, 3.63) is 0 Å². The number of amides is 1. The van der Waals surface area contributed by atoms with Crippen LogP contribution in [-0.4, -0.2) is 50.1 Å². The van der Waals surface area contributed by atoms with Crippen LogP contribution in [0, 0.1) is 11.3 Å². The fourth-order valence-corrected chi connectivity index (χ4v) is 2.79. The van der Waals surface area contributed by atoms with E-state index in [4.69, 9.17) is 0 Å². The number of carbonyl (C=O) groups is 1. The van der Waals surface area contributed by atoms with Gasteiger partial charge in [-0.05, 0) is 24.2 Å². The second kappa shape index (κ2) is 6.02. The van der Waals surface area contributed by atoms with E-state index in [2.05, 4.69) is 29.4 Å². The highest BCUT2D eigenvalue weighted by molar-refractivity contribution is 5.78. The van der Waals surface area contributed by atoms with E-state index in [1.165, 1.54) is 19.3 Å². The van der Waals surface area contributed by atoms with Crippen molar-refractivity contribution in [3.63, 3.8) is 0 Å². The summed E-state index contributed by atoms with van der Waals surface area (Å²) in [7, 11) is 0. The van der Waals surface area contributed by atoms with Crippen LogP contribution in [0.5, 0.6) is 0 Å². The van der Waals surface area contributed by atoms with E-state index in [1.807, 2.05) is 0 Å². The van der Waals surface area contributed by atoms with Gasteiger partial charge in [-0.15, -0.1) is 0 Å². The zero-order valence-corrected chi connectivity index (χ0v) is 11.8. The monoisotopic (exact) mass is 253 g/mol. The van der Waals surface area contributed by atoms with Crippen LogP contribution < -0.4 is 10.6 Å². The molecule has 2 rings (SSSR count). The van der Waals surface area contributed by atoms with Crippen LogP contribution in [0.2, 0.25) is 0 Å². The van der Waals surface area contributed by atoms with Gasteiger partial charge < -0.3 is 10.6 Å². The van der Waals surface area contributed by atoms with Gasteiger partial charge in [0.1, 0.15) is 0 Å². The van der Waals surface area contributed by atoms with Crippen molar-refractivity contribution >= 4 is 5.91 Å². The van der Waals surface area contributed by atoms with E-state index < -0.39 is 0 Å². The zero-order chi connectivity index (χ0) is 13.0. The smallest absolute Gasteiger partial charge is 0.234 e. The average molecular weight is 253 g/mol. The van der Waals surface area contributed by atoms with Gasteiger partial charge in [0.25, 0.3) is 0 Å². The van der Waals surface area contributed by atoms with Crippen molar-refractivity contribution < 1.29 is 4.79 Å². The summed E-state index contributed by atoms with van der Waals surface area (Å²) in [6, 6.07) is 0. The maximum absolute atomic E-state index is 11.9. The third kappa shape index (κ3) is 3.69. The average Bonchev–Trinajstić information content (AvgIpc) is 2.25. The van der Waals surface area contributed by atoms with E-state index in [9.17, 15) is 4.79 Å². The number of carbonyl (C=O) groups excluding carboxylic acids is 1. The van der Waals surface area contributed by atoms with Crippen LogP contribution in [0.25, 0.3) is 0 Å². The molecule has 1 amide bonds. The molecule has 0 aromatic rings. The minimum absolute atomic E-state index is 0.185. The molecule has 1 aliphatic carbocycles. The molecule has 4 nitrogen and oxygen atoms in total. The fourth-order valence-electron chi connectivity index (χ4n) is 2.79. The van der Waals surface area contributed by atoms with Gasteiger partial charge in [-0.1, -0.05) is 20.3 Å². The Labute approximate surface area is 110 Å². The molecule has 0 bridgehead atoms. The quantitative estimate of drug-likeness (QED) is 0.763. The van der Waals surface area contributed by atoms with Crippen LogP contribution in [-0.2, 0) is 4.79 Å². The van der Waals surface area contributed by atoms with Crippen LogP contribution in [0.4, 0.5) is 0 Å². The van der Waals surface area contributed by atoms with Crippen molar-refractivity contribution in [1.29, 1.82) is 0 Å². The molecule has 0 spiro atoms. The SMILES string of the molecule is CC(C)(CNC(=O)CN1CCNCC1)C1CCC1. The first-order valence-electron chi connectivity index (χ1n) is 7.28. The Kier molecular flexibility index (Phi) is 4.62. The van der Waals surface area contributed by atoms with E-state index in [1.54, 1.807) is 0 Å². The Morgan fingerprint density at radius 3 is 2.56 bits per heavy atom. The summed E-state index contributed by atoms with van der Waals surface area (Å²) >= 11 is 0. The third-order valence-electron chi connectivity index (χ3n) is 4.53. The highest BCUT2D eigenvalue weighted by Crippen LogP contribution is 2.41. The highest BCUT2D eigenvalue weighted by atomic mass is 16.2.